The molecule has 26 heavy (non-hydrogen) atoms. The quantitative estimate of drug-likeness (QED) is 0.865. The van der Waals surface area contributed by atoms with Crippen LogP contribution >= 0.6 is 0 Å². The third-order valence-electron chi connectivity index (χ3n) is 4.51. The molecule has 2 unspecified atom stereocenters. The average molecular weight is 355 g/mol. The lowest BCUT2D eigenvalue weighted by Crippen LogP contribution is -2.49. The third-order valence-corrected chi connectivity index (χ3v) is 4.51. The van der Waals surface area contributed by atoms with Crippen LogP contribution in [0.15, 0.2) is 54.6 Å². The third kappa shape index (κ3) is 4.06. The maximum atomic E-state index is 13.1. The van der Waals surface area contributed by atoms with Gasteiger partial charge in [0.05, 0.1) is 25.9 Å². The van der Waals surface area contributed by atoms with E-state index in [2.05, 4.69) is 6.92 Å². The number of aliphatic hydroxyl groups excluding tert-OH is 1. The van der Waals surface area contributed by atoms with Crippen molar-refractivity contribution in [1.82, 2.24) is 4.90 Å². The van der Waals surface area contributed by atoms with Crippen molar-refractivity contribution in [3.05, 3.63) is 65.7 Å². The summed E-state index contributed by atoms with van der Waals surface area (Å²) in [6.45, 7) is 3.48. The molecule has 1 fully saturated rings. The normalized spacial score (nSPS) is 20.0. The molecule has 1 heterocycles. The van der Waals surface area contributed by atoms with Crippen molar-refractivity contribution >= 4 is 5.91 Å². The van der Waals surface area contributed by atoms with E-state index >= 15 is 0 Å². The van der Waals surface area contributed by atoms with Crippen molar-refractivity contribution in [2.75, 3.05) is 26.4 Å². The smallest absolute Gasteiger partial charge is 0.254 e. The molecule has 0 spiro atoms. The van der Waals surface area contributed by atoms with Crippen molar-refractivity contribution in [3.8, 4) is 5.75 Å². The van der Waals surface area contributed by atoms with E-state index in [1.807, 2.05) is 42.5 Å². The molecule has 138 valence electrons. The molecule has 1 saturated heterocycles. The van der Waals surface area contributed by atoms with Crippen LogP contribution in [0.25, 0.3) is 0 Å². The van der Waals surface area contributed by atoms with E-state index in [9.17, 15) is 9.90 Å². The fraction of sp³-hybridized carbons (Fsp3) is 0.381. The molecule has 5 heteroatoms. The van der Waals surface area contributed by atoms with Gasteiger partial charge in [-0.1, -0.05) is 37.3 Å². The van der Waals surface area contributed by atoms with Crippen LogP contribution in [0.1, 0.15) is 35.3 Å². The molecule has 2 aromatic carbocycles. The summed E-state index contributed by atoms with van der Waals surface area (Å²) in [5, 5.41) is 9.73. The molecule has 2 aromatic rings. The van der Waals surface area contributed by atoms with Gasteiger partial charge in [0.1, 0.15) is 11.9 Å². The molecule has 0 radical (unpaired) electrons. The summed E-state index contributed by atoms with van der Waals surface area (Å²) in [5.74, 6) is 0.695. The van der Waals surface area contributed by atoms with Gasteiger partial charge in [-0.05, 0) is 36.2 Å². The Kier molecular flexibility index (Phi) is 6.26. The summed E-state index contributed by atoms with van der Waals surface area (Å²) in [5.41, 5.74) is 1.57. The van der Waals surface area contributed by atoms with E-state index in [0.29, 0.717) is 25.3 Å². The van der Waals surface area contributed by atoms with E-state index in [1.165, 1.54) is 0 Å². The van der Waals surface area contributed by atoms with Gasteiger partial charge in [0.15, 0.2) is 0 Å². The topological polar surface area (TPSA) is 59.0 Å². The number of benzene rings is 2. The molecule has 0 bridgehead atoms. The number of hydrogen-bond acceptors (Lipinski definition) is 4. The molecule has 5 nitrogen and oxygen atoms in total. The zero-order valence-electron chi connectivity index (χ0n) is 15.0. The Morgan fingerprint density at radius 2 is 1.92 bits per heavy atom. The monoisotopic (exact) mass is 355 g/mol. The van der Waals surface area contributed by atoms with Gasteiger partial charge in [-0.3, -0.25) is 4.79 Å². The molecule has 0 aliphatic carbocycles. The summed E-state index contributed by atoms with van der Waals surface area (Å²) >= 11 is 0. The lowest BCUT2D eigenvalue weighted by atomic mass is 9.97. The van der Waals surface area contributed by atoms with Crippen molar-refractivity contribution in [1.29, 1.82) is 0 Å². The van der Waals surface area contributed by atoms with Crippen LogP contribution in [0.5, 0.6) is 5.75 Å². The van der Waals surface area contributed by atoms with Crippen LogP contribution in [-0.2, 0) is 4.74 Å². The minimum Gasteiger partial charge on any atom is -0.494 e. The van der Waals surface area contributed by atoms with E-state index < -0.39 is 6.10 Å². The summed E-state index contributed by atoms with van der Waals surface area (Å²) in [7, 11) is 0. The van der Waals surface area contributed by atoms with Crippen LogP contribution in [0.3, 0.4) is 0 Å². The number of ether oxygens (including phenoxy) is 2. The molecular weight excluding hydrogens is 330 g/mol. The maximum Gasteiger partial charge on any atom is 0.254 e. The number of carbonyl (C=O) groups excluding carboxylic acids is 1. The van der Waals surface area contributed by atoms with Crippen molar-refractivity contribution in [2.24, 2.45) is 0 Å². The Morgan fingerprint density at radius 3 is 2.58 bits per heavy atom. The maximum absolute atomic E-state index is 13.1. The second-order valence-corrected chi connectivity index (χ2v) is 6.32. The van der Waals surface area contributed by atoms with Gasteiger partial charge in [0.25, 0.3) is 5.91 Å². The first kappa shape index (κ1) is 18.4. The number of rotatable bonds is 6. The predicted octanol–water partition coefficient (Wildman–Crippen LogP) is 3.05. The zero-order valence-corrected chi connectivity index (χ0v) is 15.0. The van der Waals surface area contributed by atoms with Gasteiger partial charge in [-0.25, -0.2) is 0 Å². The largest absolute Gasteiger partial charge is 0.494 e. The van der Waals surface area contributed by atoms with Gasteiger partial charge in [0.2, 0.25) is 0 Å². The molecule has 1 aliphatic heterocycles. The van der Waals surface area contributed by atoms with Gasteiger partial charge in [-0.15, -0.1) is 0 Å². The Bertz CT molecular complexity index is 702. The van der Waals surface area contributed by atoms with Crippen LogP contribution in [0, 0.1) is 0 Å². The molecule has 1 N–H and O–H groups in total. The highest BCUT2D eigenvalue weighted by Crippen LogP contribution is 2.31. The Balaban J connectivity index is 1.83. The van der Waals surface area contributed by atoms with Gasteiger partial charge < -0.3 is 19.5 Å². The van der Waals surface area contributed by atoms with E-state index in [4.69, 9.17) is 9.47 Å². The summed E-state index contributed by atoms with van der Waals surface area (Å²) in [6, 6.07) is 16.6. The molecule has 1 aliphatic rings. The fourth-order valence-corrected chi connectivity index (χ4v) is 3.24. The standard InChI is InChI=1S/C21H25NO4/c1-2-13-25-18-10-8-17(9-11-18)21(24)22-12-14-26-19(15-23)20(22)16-6-4-3-5-7-16/h3-11,19-20,23H,2,12-15H2,1H3. The lowest BCUT2D eigenvalue weighted by molar-refractivity contribution is -0.0811. The van der Waals surface area contributed by atoms with Gasteiger partial charge >= 0.3 is 0 Å². The number of amides is 1. The van der Waals surface area contributed by atoms with Crippen molar-refractivity contribution in [2.45, 2.75) is 25.5 Å². The second-order valence-electron chi connectivity index (χ2n) is 6.32. The molecule has 3 rings (SSSR count). The average Bonchev–Trinajstić information content (AvgIpc) is 2.72. The van der Waals surface area contributed by atoms with Crippen LogP contribution in [0.4, 0.5) is 0 Å². The number of nitrogens with zero attached hydrogens (tertiary/aromatic N) is 1. The first-order valence-corrected chi connectivity index (χ1v) is 9.05. The summed E-state index contributed by atoms with van der Waals surface area (Å²) < 4.78 is 11.3. The predicted molar refractivity (Wildman–Crippen MR) is 99.3 cm³/mol. The minimum atomic E-state index is -0.428. The zero-order chi connectivity index (χ0) is 18.4. The van der Waals surface area contributed by atoms with Crippen LogP contribution in [-0.4, -0.2) is 48.4 Å². The van der Waals surface area contributed by atoms with Crippen LogP contribution < -0.4 is 4.74 Å². The Hall–Kier alpha value is -2.37. The molecule has 0 saturated carbocycles. The lowest BCUT2D eigenvalue weighted by Gasteiger charge is -2.41. The van der Waals surface area contributed by atoms with E-state index in [0.717, 1.165) is 17.7 Å². The molecule has 2 atom stereocenters. The second kappa shape index (κ2) is 8.83. The van der Waals surface area contributed by atoms with Crippen LogP contribution in [0.2, 0.25) is 0 Å². The first-order chi connectivity index (χ1) is 12.7. The number of morpholine rings is 1. The number of aliphatic hydroxyl groups is 1. The summed E-state index contributed by atoms with van der Waals surface area (Å²) in [6.07, 6.45) is 0.512. The number of hydrogen-bond donors (Lipinski definition) is 1. The molecular formula is C21H25NO4. The van der Waals surface area contributed by atoms with Gasteiger partial charge in [-0.2, -0.15) is 0 Å². The van der Waals surface area contributed by atoms with Crippen molar-refractivity contribution in [3.63, 3.8) is 0 Å². The highest BCUT2D eigenvalue weighted by Gasteiger charge is 2.36. The fourth-order valence-electron chi connectivity index (χ4n) is 3.24. The Labute approximate surface area is 154 Å². The Morgan fingerprint density at radius 1 is 1.19 bits per heavy atom. The van der Waals surface area contributed by atoms with E-state index in [1.54, 1.807) is 17.0 Å². The number of carbonyl (C=O) groups is 1. The van der Waals surface area contributed by atoms with E-state index in [-0.39, 0.29) is 18.6 Å². The highest BCUT2D eigenvalue weighted by molar-refractivity contribution is 5.94. The molecule has 0 aromatic heterocycles. The van der Waals surface area contributed by atoms with Gasteiger partial charge in [0, 0.05) is 12.1 Å². The first-order valence-electron chi connectivity index (χ1n) is 9.05. The summed E-state index contributed by atoms with van der Waals surface area (Å²) in [4.78, 5) is 14.9. The molecule has 1 amide bonds. The minimum absolute atomic E-state index is 0.0670. The SMILES string of the molecule is CCCOc1ccc(C(=O)N2CCOC(CO)C2c2ccccc2)cc1. The highest BCUT2D eigenvalue weighted by atomic mass is 16.5. The van der Waals surface area contributed by atoms with Crippen molar-refractivity contribution < 1.29 is 19.4 Å².